The summed E-state index contributed by atoms with van der Waals surface area (Å²) in [4.78, 5) is 31.6. The van der Waals surface area contributed by atoms with Crippen LogP contribution in [0, 0.1) is 0 Å². The van der Waals surface area contributed by atoms with Gasteiger partial charge >= 0.3 is 0 Å². The fourth-order valence-electron chi connectivity index (χ4n) is 6.69. The number of fused-ring (bicyclic) bond motifs is 10. The van der Waals surface area contributed by atoms with Gasteiger partial charge in [-0.05, 0) is 36.4 Å². The Morgan fingerprint density at radius 2 is 1.58 bits per heavy atom. The van der Waals surface area contributed by atoms with E-state index in [1.54, 1.807) is 24.3 Å². The summed E-state index contributed by atoms with van der Waals surface area (Å²) in [5.41, 5.74) is 4.32. The maximum Gasteiger partial charge on any atom is 0.276 e. The lowest BCUT2D eigenvalue weighted by Crippen LogP contribution is -2.56. The number of carbonyl (C=O) groups excluding carboxylic acids is 2. The van der Waals surface area contributed by atoms with E-state index in [9.17, 15) is 40.2 Å². The number of aromatic hydroxyl groups is 2. The smallest absolute Gasteiger partial charge is 0.276 e. The average Bonchev–Trinajstić information content (AvgIpc) is 3.79. The zero-order valence-electron chi connectivity index (χ0n) is 23.2. The summed E-state index contributed by atoms with van der Waals surface area (Å²) in [6, 6.07) is 12.3. The fourth-order valence-corrected chi connectivity index (χ4v) is 6.69. The Morgan fingerprint density at radius 3 is 2.29 bits per heavy atom. The number of phenols is 2. The van der Waals surface area contributed by atoms with Crippen molar-refractivity contribution < 1.29 is 49.4 Å². The van der Waals surface area contributed by atoms with Crippen LogP contribution in [0.4, 0.5) is 0 Å². The van der Waals surface area contributed by atoms with Gasteiger partial charge in [-0.2, -0.15) is 0 Å². The number of furan rings is 1. The third-order valence-corrected chi connectivity index (χ3v) is 8.70. The molecule has 8 rings (SSSR count). The van der Waals surface area contributed by atoms with Gasteiger partial charge in [-0.3, -0.25) is 9.59 Å². The van der Waals surface area contributed by atoms with E-state index < -0.39 is 49.1 Å². The summed E-state index contributed by atoms with van der Waals surface area (Å²) in [5.74, 6) is -1.02. The summed E-state index contributed by atoms with van der Waals surface area (Å²) in [5, 5.41) is 65.7. The van der Waals surface area contributed by atoms with Crippen LogP contribution in [0.5, 0.6) is 11.5 Å². The SMILES string of the molecule is O=C1c2c(c3c4ccc(O)cc4n(C4O[C@@H](CO)[C@H](O)[C@@H](O)[C@@H]4O)c3c3[nH]c4cc(O)ccc4c23)C(=O)N1NCc1ccco1. The van der Waals surface area contributed by atoms with Crippen LogP contribution in [0.3, 0.4) is 0 Å². The van der Waals surface area contributed by atoms with Gasteiger partial charge in [-0.15, -0.1) is 0 Å². The maximum atomic E-state index is 14.2. The molecule has 2 aliphatic heterocycles. The number of ether oxygens (including phenoxy) is 1. The standard InChI is InChI=1S/C31H26N4O10/c36-11-19-26(39)27(40)28(41)31(45-19)34-18-9-13(38)4-6-16(18)21-23-22(29(42)35(30(23)43)32-10-14-2-1-7-44-14)20-15-5-3-12(37)8-17(15)33-24(20)25(21)34/h1-9,19,26-28,31-33,36-41H,10-11H2/t19-,26-,27+,28-,31?/m0/s1. The van der Waals surface area contributed by atoms with Crippen molar-refractivity contribution in [3.05, 3.63) is 71.7 Å². The predicted molar refractivity (Wildman–Crippen MR) is 157 cm³/mol. The Hall–Kier alpha value is -4.96. The Balaban J connectivity index is 1.49. The molecule has 14 heteroatoms. The normalized spacial score (nSPS) is 23.7. The zero-order valence-corrected chi connectivity index (χ0v) is 23.2. The van der Waals surface area contributed by atoms with E-state index in [0.717, 1.165) is 5.01 Å². The van der Waals surface area contributed by atoms with E-state index in [4.69, 9.17) is 9.15 Å². The average molecular weight is 615 g/mol. The number of nitrogens with one attached hydrogen (secondary N) is 2. The second-order valence-corrected chi connectivity index (χ2v) is 11.2. The van der Waals surface area contributed by atoms with Crippen molar-refractivity contribution in [2.45, 2.75) is 37.2 Å². The van der Waals surface area contributed by atoms with Crippen molar-refractivity contribution in [2.75, 3.05) is 6.61 Å². The molecular formula is C31H26N4O10. The first-order chi connectivity index (χ1) is 21.7. The molecule has 1 unspecified atom stereocenters. The van der Waals surface area contributed by atoms with Crippen molar-refractivity contribution in [1.82, 2.24) is 20.0 Å². The van der Waals surface area contributed by atoms with E-state index in [1.807, 2.05) is 0 Å². The largest absolute Gasteiger partial charge is 0.508 e. The Morgan fingerprint density at radius 1 is 0.867 bits per heavy atom. The first kappa shape index (κ1) is 27.6. The molecule has 6 aromatic rings. The highest BCUT2D eigenvalue weighted by Crippen LogP contribution is 2.47. The van der Waals surface area contributed by atoms with Crippen molar-refractivity contribution >= 4 is 55.4 Å². The number of aromatic nitrogens is 2. The highest BCUT2D eigenvalue weighted by Gasteiger charge is 2.47. The van der Waals surface area contributed by atoms with Crippen LogP contribution in [-0.2, 0) is 11.3 Å². The minimum Gasteiger partial charge on any atom is -0.508 e. The third-order valence-electron chi connectivity index (χ3n) is 8.70. The number of hydrogen-bond acceptors (Lipinski definition) is 11. The summed E-state index contributed by atoms with van der Waals surface area (Å²) >= 11 is 0. The van der Waals surface area contributed by atoms with Gasteiger partial charge in [-0.25, -0.2) is 10.4 Å². The second kappa shape index (κ2) is 9.77. The molecule has 3 aromatic heterocycles. The van der Waals surface area contributed by atoms with Crippen molar-refractivity contribution in [3.63, 3.8) is 0 Å². The summed E-state index contributed by atoms with van der Waals surface area (Å²) in [6.07, 6.45) is -6.28. The quantitative estimate of drug-likeness (QED) is 0.131. The number of aromatic amines is 1. The van der Waals surface area contributed by atoms with Gasteiger partial charge in [-0.1, -0.05) is 0 Å². The third kappa shape index (κ3) is 3.78. The van der Waals surface area contributed by atoms with Crippen LogP contribution in [0.15, 0.2) is 59.2 Å². The topological polar surface area (TPSA) is 214 Å². The number of hydrazine groups is 1. The molecule has 2 amide bonds. The monoisotopic (exact) mass is 614 g/mol. The summed E-state index contributed by atoms with van der Waals surface area (Å²) < 4.78 is 12.8. The molecule has 8 N–H and O–H groups in total. The number of aliphatic hydroxyl groups is 4. The molecule has 0 aliphatic carbocycles. The first-order valence-corrected chi connectivity index (χ1v) is 14.1. The van der Waals surface area contributed by atoms with Crippen LogP contribution >= 0.6 is 0 Å². The number of H-pyrrole nitrogens is 1. The molecule has 3 aromatic carbocycles. The lowest BCUT2D eigenvalue weighted by atomic mass is 9.96. The maximum absolute atomic E-state index is 14.2. The number of carbonyl (C=O) groups is 2. The van der Waals surface area contributed by atoms with E-state index >= 15 is 0 Å². The number of aliphatic hydroxyl groups excluding tert-OH is 4. The van der Waals surface area contributed by atoms with E-state index in [-0.39, 0.29) is 40.2 Å². The summed E-state index contributed by atoms with van der Waals surface area (Å²) in [6.45, 7) is -0.642. The number of phenolic OH excluding ortho intramolecular Hbond substituents is 2. The van der Waals surface area contributed by atoms with Gasteiger partial charge in [0.2, 0.25) is 0 Å². The predicted octanol–water partition coefficient (Wildman–Crippen LogP) is 1.71. The Labute approximate surface area is 251 Å². The Bertz CT molecular complexity index is 2180. The summed E-state index contributed by atoms with van der Waals surface area (Å²) in [7, 11) is 0. The van der Waals surface area contributed by atoms with Gasteiger partial charge in [0.1, 0.15) is 41.7 Å². The molecule has 1 fully saturated rings. The minimum absolute atomic E-state index is 0.0347. The van der Waals surface area contributed by atoms with Crippen LogP contribution in [0.2, 0.25) is 0 Å². The number of hydrogen-bond donors (Lipinski definition) is 8. The number of rotatable bonds is 5. The van der Waals surface area contributed by atoms with Crippen molar-refractivity contribution in [1.29, 1.82) is 0 Å². The van der Waals surface area contributed by atoms with Gasteiger partial charge in [0, 0.05) is 33.7 Å². The number of amides is 2. The molecule has 5 heterocycles. The first-order valence-electron chi connectivity index (χ1n) is 14.1. The second-order valence-electron chi connectivity index (χ2n) is 11.2. The van der Waals surface area contributed by atoms with Crippen molar-refractivity contribution in [2.24, 2.45) is 0 Å². The molecule has 0 saturated carbocycles. The molecule has 0 spiro atoms. The van der Waals surface area contributed by atoms with Gasteiger partial charge in [0.25, 0.3) is 11.8 Å². The minimum atomic E-state index is -1.72. The molecule has 2 aliphatic rings. The molecular weight excluding hydrogens is 588 g/mol. The molecule has 5 atom stereocenters. The van der Waals surface area contributed by atoms with Gasteiger partial charge in [0.05, 0.1) is 52.6 Å². The number of nitrogens with zero attached hydrogens (tertiary/aromatic N) is 2. The Kier molecular flexibility index (Phi) is 5.99. The van der Waals surface area contributed by atoms with Gasteiger partial charge in [0.15, 0.2) is 6.23 Å². The lowest BCUT2D eigenvalue weighted by Gasteiger charge is -2.41. The van der Waals surface area contributed by atoms with Crippen LogP contribution < -0.4 is 5.43 Å². The van der Waals surface area contributed by atoms with E-state index in [2.05, 4.69) is 10.4 Å². The highest BCUT2D eigenvalue weighted by atomic mass is 16.6. The van der Waals surface area contributed by atoms with E-state index in [1.165, 1.54) is 35.1 Å². The number of imide groups is 1. The van der Waals surface area contributed by atoms with Crippen LogP contribution in [-0.4, -0.2) is 88.0 Å². The molecule has 14 nitrogen and oxygen atoms in total. The van der Waals surface area contributed by atoms with Crippen molar-refractivity contribution in [3.8, 4) is 11.5 Å². The lowest BCUT2D eigenvalue weighted by molar-refractivity contribution is -0.249. The number of benzene rings is 3. The fraction of sp³-hybridized carbons (Fsp3) is 0.226. The molecule has 1 saturated heterocycles. The highest BCUT2D eigenvalue weighted by molar-refractivity contribution is 6.39. The van der Waals surface area contributed by atoms with Crippen LogP contribution in [0.1, 0.15) is 32.7 Å². The molecule has 0 bridgehead atoms. The molecule has 0 radical (unpaired) electrons. The molecule has 230 valence electrons. The van der Waals surface area contributed by atoms with Gasteiger partial charge < -0.3 is 49.3 Å². The zero-order chi connectivity index (χ0) is 31.3. The van der Waals surface area contributed by atoms with E-state index in [0.29, 0.717) is 38.3 Å². The molecule has 45 heavy (non-hydrogen) atoms. The van der Waals surface area contributed by atoms with Crippen LogP contribution in [0.25, 0.3) is 43.6 Å².